The Morgan fingerprint density at radius 3 is 1.39 bits per heavy atom. The van der Waals surface area contributed by atoms with Crippen LogP contribution < -0.4 is 34.7 Å². The van der Waals surface area contributed by atoms with Crippen LogP contribution in [-0.4, -0.2) is 5.97 Å². The summed E-state index contributed by atoms with van der Waals surface area (Å²) in [5.41, 5.74) is 0. The zero-order valence-corrected chi connectivity index (χ0v) is 17.6. The van der Waals surface area contributed by atoms with E-state index in [2.05, 4.69) is 18.8 Å². The van der Waals surface area contributed by atoms with Gasteiger partial charge in [0.05, 0.1) is 0 Å². The van der Waals surface area contributed by atoms with Crippen molar-refractivity contribution >= 4 is 5.97 Å². The van der Waals surface area contributed by atoms with Crippen molar-refractivity contribution in [1.29, 1.82) is 0 Å². The fourth-order valence-corrected chi connectivity index (χ4v) is 2.72. The first-order chi connectivity index (χ1) is 10.8. The number of hydrogen-bond acceptors (Lipinski definition) is 2. The summed E-state index contributed by atoms with van der Waals surface area (Å²) in [6, 6.07) is 0. The molecule has 2 nitrogen and oxygen atoms in total. The van der Waals surface area contributed by atoms with Gasteiger partial charge in [0.25, 0.3) is 0 Å². The molecule has 0 aromatic carbocycles. The largest absolute Gasteiger partial charge is 1.00 e. The van der Waals surface area contributed by atoms with E-state index in [-0.39, 0.29) is 29.6 Å². The van der Waals surface area contributed by atoms with Crippen LogP contribution in [0.4, 0.5) is 0 Å². The van der Waals surface area contributed by atoms with Crippen LogP contribution in [0.3, 0.4) is 0 Å². The summed E-state index contributed by atoms with van der Waals surface area (Å²) in [5, 5.41) is 10.1. The topological polar surface area (TPSA) is 40.1 Å². The molecule has 0 aromatic rings. The van der Waals surface area contributed by atoms with Gasteiger partial charge < -0.3 is 9.90 Å². The van der Waals surface area contributed by atoms with Gasteiger partial charge in [0, 0.05) is 6.42 Å². The molecule has 0 rings (SSSR count). The fourth-order valence-electron chi connectivity index (χ4n) is 2.72. The zero-order valence-electron chi connectivity index (χ0n) is 15.6. The second-order valence-corrected chi connectivity index (χ2v) is 6.29. The molecule has 0 aliphatic heterocycles. The first-order valence-electron chi connectivity index (χ1n) is 9.47. The van der Waals surface area contributed by atoms with Gasteiger partial charge in [-0.3, -0.25) is 0 Å². The molecule has 0 amide bonds. The molecule has 0 bridgehead atoms. The van der Waals surface area contributed by atoms with Gasteiger partial charge in [-0.1, -0.05) is 103 Å². The molecule has 0 N–H and O–H groups in total. The number of aliphatic carboxylic acids is 1. The number of rotatable bonds is 15. The van der Waals surface area contributed by atoms with Crippen molar-refractivity contribution < 1.29 is 39.5 Å². The Morgan fingerprint density at radius 2 is 1.04 bits per heavy atom. The maximum Gasteiger partial charge on any atom is 1.00 e. The molecule has 0 fully saturated rings. The van der Waals surface area contributed by atoms with E-state index in [1.807, 2.05) is 0 Å². The van der Waals surface area contributed by atoms with E-state index in [9.17, 15) is 9.90 Å². The Bertz CT molecular complexity index is 304. The average Bonchev–Trinajstić information content (AvgIpc) is 2.50. The minimum atomic E-state index is -1.26. The molecule has 0 unspecified atom stereocenters. The van der Waals surface area contributed by atoms with Crippen molar-refractivity contribution in [1.82, 2.24) is 0 Å². The number of unbranched alkanes of at least 4 members (excludes halogenated alkanes) is 15. The van der Waals surface area contributed by atoms with Crippen LogP contribution in [0.5, 0.6) is 0 Å². The average molecular weight is 330 g/mol. The van der Waals surface area contributed by atoms with Crippen molar-refractivity contribution in [2.45, 2.75) is 110 Å². The summed E-state index contributed by atoms with van der Waals surface area (Å²) < 4.78 is 0. The molecule has 23 heavy (non-hydrogen) atoms. The number of hydrogen-bond donors (Lipinski definition) is 0. The van der Waals surface area contributed by atoms with Crippen LogP contribution in [0.1, 0.15) is 110 Å². The summed E-state index contributed by atoms with van der Waals surface area (Å²) in [6.45, 7) is 2.27. The van der Waals surface area contributed by atoms with Crippen LogP contribution in [-0.2, 0) is 4.79 Å². The predicted octanol–water partition coefficient (Wildman–Crippen LogP) is 2.01. The second kappa shape index (κ2) is 22.0. The van der Waals surface area contributed by atoms with E-state index in [0.717, 1.165) is 6.42 Å². The third-order valence-corrected chi connectivity index (χ3v) is 4.10. The van der Waals surface area contributed by atoms with Gasteiger partial charge in [-0.05, 0) is 12.3 Å². The summed E-state index contributed by atoms with van der Waals surface area (Å²) in [5.74, 6) is 3.41. The monoisotopic (exact) mass is 330 g/mol. The van der Waals surface area contributed by atoms with Gasteiger partial charge in [0.2, 0.25) is 0 Å². The van der Waals surface area contributed by atoms with E-state index in [1.165, 1.54) is 89.9 Å². The van der Waals surface area contributed by atoms with Crippen molar-refractivity contribution in [3.63, 3.8) is 0 Å². The molecule has 0 radical (unpaired) electrons. The third kappa shape index (κ3) is 24.4. The normalized spacial score (nSPS) is 9.78. The fraction of sp³-hybridized carbons (Fsp3) is 0.850. The molecule has 0 saturated heterocycles. The van der Waals surface area contributed by atoms with E-state index in [4.69, 9.17) is 0 Å². The van der Waals surface area contributed by atoms with Gasteiger partial charge >= 0.3 is 29.6 Å². The minimum Gasteiger partial charge on any atom is -0.537 e. The quantitative estimate of drug-likeness (QED) is 0.262. The smallest absolute Gasteiger partial charge is 0.537 e. The molecular weight excluding hydrogens is 295 g/mol. The van der Waals surface area contributed by atoms with Gasteiger partial charge in [-0.25, -0.2) is 0 Å². The number of carboxylic acids is 1. The van der Waals surface area contributed by atoms with Crippen molar-refractivity contribution in [3.05, 3.63) is 0 Å². The summed E-state index contributed by atoms with van der Waals surface area (Å²) in [6.07, 6.45) is 20.8. The maximum atomic E-state index is 10.1. The van der Waals surface area contributed by atoms with E-state index in [1.54, 1.807) is 0 Å². The Labute approximate surface area is 166 Å². The first kappa shape index (κ1) is 25.3. The molecule has 0 saturated carbocycles. The molecule has 0 atom stereocenters. The van der Waals surface area contributed by atoms with Crippen molar-refractivity contribution in [2.75, 3.05) is 0 Å². The number of carbonyl (C=O) groups excluding carboxylic acids is 1. The number of carboxylic acid groups (broad SMARTS) is 1. The van der Waals surface area contributed by atoms with Crippen LogP contribution in [0, 0.1) is 11.8 Å². The molecule has 3 heteroatoms. The standard InChI is InChI=1S/C20H36O2.Na/c1-2-3-4-5-6-7-8-9-10-11-12-13-14-15-16-17-18-19-20(21)22;/h2-17H2,1H3,(H,21,22);/q;+1/p-1. The molecule has 0 spiro atoms. The SMILES string of the molecule is CCCCCCCCCCCCCCCCCC#CC(=O)[O-].[Na+]. The van der Waals surface area contributed by atoms with Crippen LogP contribution in [0.15, 0.2) is 0 Å². The second-order valence-electron chi connectivity index (χ2n) is 6.29. The van der Waals surface area contributed by atoms with E-state index >= 15 is 0 Å². The predicted molar refractivity (Wildman–Crippen MR) is 92.3 cm³/mol. The first-order valence-corrected chi connectivity index (χ1v) is 9.47. The molecule has 0 aliphatic carbocycles. The van der Waals surface area contributed by atoms with Crippen LogP contribution in [0.25, 0.3) is 0 Å². The number of carbonyl (C=O) groups is 1. The minimum absolute atomic E-state index is 0. The third-order valence-electron chi connectivity index (χ3n) is 4.10. The van der Waals surface area contributed by atoms with E-state index in [0.29, 0.717) is 6.42 Å². The summed E-state index contributed by atoms with van der Waals surface area (Å²) in [7, 11) is 0. The summed E-state index contributed by atoms with van der Waals surface area (Å²) in [4.78, 5) is 10.1. The molecule has 0 heterocycles. The Balaban J connectivity index is 0. The van der Waals surface area contributed by atoms with Crippen LogP contribution in [0.2, 0.25) is 0 Å². The Morgan fingerprint density at radius 1 is 0.696 bits per heavy atom. The van der Waals surface area contributed by atoms with Gasteiger partial charge in [-0.15, -0.1) is 0 Å². The van der Waals surface area contributed by atoms with Crippen LogP contribution >= 0.6 is 0 Å². The molecule has 128 valence electrons. The maximum absolute atomic E-state index is 10.1. The Kier molecular flexibility index (Phi) is 24.2. The van der Waals surface area contributed by atoms with Gasteiger partial charge in [0.15, 0.2) is 0 Å². The van der Waals surface area contributed by atoms with Gasteiger partial charge in [-0.2, -0.15) is 0 Å². The zero-order chi connectivity index (χ0) is 16.3. The molecular formula is C20H35NaO2. The van der Waals surface area contributed by atoms with Crippen molar-refractivity contribution in [3.8, 4) is 11.8 Å². The molecule has 0 aliphatic rings. The van der Waals surface area contributed by atoms with Gasteiger partial charge in [0.1, 0.15) is 5.97 Å². The summed E-state index contributed by atoms with van der Waals surface area (Å²) >= 11 is 0. The van der Waals surface area contributed by atoms with Crippen molar-refractivity contribution in [2.24, 2.45) is 0 Å². The Hall–Kier alpha value is 0.0300. The van der Waals surface area contributed by atoms with E-state index < -0.39 is 5.97 Å². The molecule has 0 aromatic heterocycles.